The van der Waals surface area contributed by atoms with Gasteiger partial charge in [-0.3, -0.25) is 14.6 Å². The number of rotatable bonds is 6. The summed E-state index contributed by atoms with van der Waals surface area (Å²) in [5, 5.41) is 3.20. The molecule has 2 aromatic heterocycles. The second kappa shape index (κ2) is 9.49. The van der Waals surface area contributed by atoms with E-state index in [9.17, 15) is 9.18 Å². The summed E-state index contributed by atoms with van der Waals surface area (Å²) >= 11 is 1.71. The molecule has 0 radical (unpaired) electrons. The molecule has 4 heterocycles. The van der Waals surface area contributed by atoms with E-state index in [1.165, 1.54) is 17.1 Å². The zero-order valence-corrected chi connectivity index (χ0v) is 20.2. The fourth-order valence-electron chi connectivity index (χ4n) is 5.01. The van der Waals surface area contributed by atoms with Crippen molar-refractivity contribution in [3.05, 3.63) is 81.8 Å². The molecule has 0 unspecified atom stereocenters. The predicted molar refractivity (Wildman–Crippen MR) is 134 cm³/mol. The number of amides is 1. The zero-order valence-electron chi connectivity index (χ0n) is 19.4. The van der Waals surface area contributed by atoms with Gasteiger partial charge in [0.2, 0.25) is 0 Å². The van der Waals surface area contributed by atoms with E-state index in [1.54, 1.807) is 17.4 Å². The van der Waals surface area contributed by atoms with E-state index in [1.807, 2.05) is 40.7 Å². The summed E-state index contributed by atoms with van der Waals surface area (Å²) < 4.78 is 13.6. The van der Waals surface area contributed by atoms with Crippen LogP contribution in [-0.2, 0) is 13.0 Å². The van der Waals surface area contributed by atoms with E-state index < -0.39 is 0 Å². The number of nitrogens with zero attached hydrogens (tertiary/aromatic N) is 5. The van der Waals surface area contributed by atoms with Gasteiger partial charge in [0.05, 0.1) is 17.6 Å². The first-order chi connectivity index (χ1) is 17.1. The van der Waals surface area contributed by atoms with E-state index in [2.05, 4.69) is 19.8 Å². The summed E-state index contributed by atoms with van der Waals surface area (Å²) in [6, 6.07) is 12.6. The van der Waals surface area contributed by atoms with Crippen molar-refractivity contribution in [2.24, 2.45) is 0 Å². The predicted octanol–water partition coefficient (Wildman–Crippen LogP) is 3.39. The molecule has 6 rings (SSSR count). The number of carbonyl (C=O) groups excluding carboxylic acids is 1. The van der Waals surface area contributed by atoms with Crippen molar-refractivity contribution in [2.45, 2.75) is 19.0 Å². The van der Waals surface area contributed by atoms with Crippen LogP contribution < -0.4 is 0 Å². The van der Waals surface area contributed by atoms with Gasteiger partial charge in [-0.1, -0.05) is 18.2 Å². The van der Waals surface area contributed by atoms with Crippen LogP contribution in [0.25, 0.3) is 11.0 Å². The Morgan fingerprint density at radius 2 is 1.94 bits per heavy atom. The van der Waals surface area contributed by atoms with Gasteiger partial charge < -0.3 is 9.88 Å². The first-order valence-corrected chi connectivity index (χ1v) is 12.9. The van der Waals surface area contributed by atoms with Gasteiger partial charge in [-0.25, -0.2) is 14.4 Å². The van der Waals surface area contributed by atoms with E-state index in [4.69, 9.17) is 4.98 Å². The van der Waals surface area contributed by atoms with Crippen molar-refractivity contribution in [2.75, 3.05) is 39.3 Å². The molecule has 35 heavy (non-hydrogen) atoms. The van der Waals surface area contributed by atoms with Gasteiger partial charge in [0.25, 0.3) is 5.91 Å². The lowest BCUT2D eigenvalue weighted by Crippen LogP contribution is -2.64. The lowest BCUT2D eigenvalue weighted by Gasteiger charge is -2.48. The molecule has 2 aliphatic heterocycles. The average molecular weight is 491 g/mol. The minimum atomic E-state index is -0.261. The van der Waals surface area contributed by atoms with Crippen molar-refractivity contribution < 1.29 is 9.18 Å². The highest BCUT2D eigenvalue weighted by molar-refractivity contribution is 7.09. The van der Waals surface area contributed by atoms with Crippen LogP contribution in [0, 0.1) is 5.82 Å². The molecule has 2 fully saturated rings. The third-order valence-electron chi connectivity index (χ3n) is 6.97. The number of benzene rings is 2. The van der Waals surface area contributed by atoms with Crippen molar-refractivity contribution in [1.29, 1.82) is 0 Å². The molecule has 0 atom stereocenters. The second-order valence-corrected chi connectivity index (χ2v) is 10.3. The second-order valence-electron chi connectivity index (χ2n) is 9.29. The number of likely N-dealkylation sites (tertiary alicyclic amines) is 1. The Balaban J connectivity index is 1.07. The third-order valence-corrected chi connectivity index (χ3v) is 7.73. The fourth-order valence-corrected chi connectivity index (χ4v) is 5.67. The number of carbonyl (C=O) groups is 1. The first-order valence-electron chi connectivity index (χ1n) is 12.0. The van der Waals surface area contributed by atoms with E-state index in [0.717, 1.165) is 62.7 Å². The molecular weight excluding hydrogens is 463 g/mol. The maximum Gasteiger partial charge on any atom is 0.256 e. The lowest BCUT2D eigenvalue weighted by atomic mass is 10.0. The third kappa shape index (κ3) is 4.71. The van der Waals surface area contributed by atoms with Crippen molar-refractivity contribution in [3.8, 4) is 0 Å². The average Bonchev–Trinajstić information content (AvgIpc) is 3.48. The van der Waals surface area contributed by atoms with E-state index in [0.29, 0.717) is 23.5 Å². The number of hydrogen-bond donors (Lipinski definition) is 1. The van der Waals surface area contributed by atoms with Crippen LogP contribution in [0.2, 0.25) is 0 Å². The molecule has 2 saturated heterocycles. The number of aromatic amines is 1. The maximum absolute atomic E-state index is 13.6. The van der Waals surface area contributed by atoms with Gasteiger partial charge in [0.1, 0.15) is 22.2 Å². The SMILES string of the molecule is O=C(c1cccc2[nH]c(Cc3cccc(F)c3)nc12)N1CC(N2CCN(Cc3nccs3)CC2)C1. The normalized spacial score (nSPS) is 17.7. The van der Waals surface area contributed by atoms with Crippen LogP contribution in [0.3, 0.4) is 0 Å². The molecule has 0 aliphatic carbocycles. The molecule has 1 N–H and O–H groups in total. The number of fused-ring (bicyclic) bond motifs is 1. The summed E-state index contributed by atoms with van der Waals surface area (Å²) in [5.74, 6) is 0.490. The molecule has 180 valence electrons. The molecular formula is C26H27FN6OS. The van der Waals surface area contributed by atoms with E-state index in [-0.39, 0.29) is 11.7 Å². The van der Waals surface area contributed by atoms with Gasteiger partial charge in [0.15, 0.2) is 0 Å². The lowest BCUT2D eigenvalue weighted by molar-refractivity contribution is 0.00657. The number of thiazole rings is 1. The quantitative estimate of drug-likeness (QED) is 0.449. The van der Waals surface area contributed by atoms with Gasteiger partial charge in [0, 0.05) is 63.3 Å². The van der Waals surface area contributed by atoms with Crippen molar-refractivity contribution in [3.63, 3.8) is 0 Å². The van der Waals surface area contributed by atoms with Gasteiger partial charge in [-0.2, -0.15) is 0 Å². The highest BCUT2D eigenvalue weighted by Crippen LogP contribution is 2.24. The highest BCUT2D eigenvalue weighted by Gasteiger charge is 2.37. The van der Waals surface area contributed by atoms with Crippen LogP contribution in [-0.4, -0.2) is 80.9 Å². The minimum absolute atomic E-state index is 0.0260. The largest absolute Gasteiger partial charge is 0.342 e. The Morgan fingerprint density at radius 1 is 1.11 bits per heavy atom. The fraction of sp³-hybridized carbons (Fsp3) is 0.346. The van der Waals surface area contributed by atoms with Gasteiger partial charge in [-0.15, -0.1) is 11.3 Å². The molecule has 7 nitrogen and oxygen atoms in total. The monoisotopic (exact) mass is 490 g/mol. The Morgan fingerprint density at radius 3 is 2.71 bits per heavy atom. The van der Waals surface area contributed by atoms with Crippen molar-refractivity contribution >= 4 is 28.3 Å². The Labute approximate surface area is 207 Å². The highest BCUT2D eigenvalue weighted by atomic mass is 32.1. The molecule has 2 aliphatic rings. The summed E-state index contributed by atoms with van der Waals surface area (Å²) in [7, 11) is 0. The first kappa shape index (κ1) is 22.3. The van der Waals surface area contributed by atoms with Crippen LogP contribution in [0.5, 0.6) is 0 Å². The Hall–Kier alpha value is -3.14. The molecule has 4 aromatic rings. The standard InChI is InChI=1S/C26H27FN6OS/c27-19-4-1-3-18(13-19)14-23-29-22-6-2-5-21(25(22)30-23)26(34)33-15-20(16-33)32-10-8-31(9-11-32)17-24-28-7-12-35-24/h1-7,12-13,20H,8-11,14-17H2,(H,29,30). The number of hydrogen-bond acceptors (Lipinski definition) is 6. The van der Waals surface area contributed by atoms with Crippen LogP contribution in [0.15, 0.2) is 54.0 Å². The molecule has 0 saturated carbocycles. The zero-order chi connectivity index (χ0) is 23.8. The number of H-pyrrole nitrogens is 1. The number of imidazole rings is 1. The molecule has 1 amide bonds. The molecule has 0 bridgehead atoms. The van der Waals surface area contributed by atoms with Gasteiger partial charge in [-0.05, 0) is 29.8 Å². The minimum Gasteiger partial charge on any atom is -0.342 e. The topological polar surface area (TPSA) is 68.4 Å². The van der Waals surface area contributed by atoms with Crippen LogP contribution >= 0.6 is 11.3 Å². The number of halogens is 1. The smallest absolute Gasteiger partial charge is 0.256 e. The number of nitrogens with one attached hydrogen (secondary N) is 1. The maximum atomic E-state index is 13.6. The van der Waals surface area contributed by atoms with Crippen LogP contribution in [0.4, 0.5) is 4.39 Å². The molecule has 0 spiro atoms. The van der Waals surface area contributed by atoms with E-state index >= 15 is 0 Å². The Bertz CT molecular complexity index is 1320. The number of para-hydroxylation sites is 1. The summed E-state index contributed by atoms with van der Waals surface area (Å²) in [6.45, 7) is 6.54. The number of piperazine rings is 1. The molecule has 9 heteroatoms. The van der Waals surface area contributed by atoms with Crippen LogP contribution in [0.1, 0.15) is 26.8 Å². The van der Waals surface area contributed by atoms with Crippen molar-refractivity contribution in [1.82, 2.24) is 29.7 Å². The summed E-state index contributed by atoms with van der Waals surface area (Å²) in [6.07, 6.45) is 2.35. The molecule has 2 aromatic carbocycles. The Kier molecular flexibility index (Phi) is 6.05. The summed E-state index contributed by atoms with van der Waals surface area (Å²) in [5.41, 5.74) is 2.98. The van der Waals surface area contributed by atoms with Gasteiger partial charge >= 0.3 is 0 Å². The number of aromatic nitrogens is 3. The summed E-state index contributed by atoms with van der Waals surface area (Å²) in [4.78, 5) is 32.6.